The summed E-state index contributed by atoms with van der Waals surface area (Å²) >= 11 is 0. The van der Waals surface area contributed by atoms with Gasteiger partial charge in [-0.3, -0.25) is 9.36 Å². The molecular formula is C21H21FN2O. The molecule has 1 saturated heterocycles. The van der Waals surface area contributed by atoms with E-state index in [9.17, 15) is 9.18 Å². The van der Waals surface area contributed by atoms with Gasteiger partial charge in [0.05, 0.1) is 5.52 Å². The maximum absolute atomic E-state index is 13.2. The molecule has 3 aromatic rings. The van der Waals surface area contributed by atoms with Gasteiger partial charge in [-0.05, 0) is 61.2 Å². The molecule has 2 unspecified atom stereocenters. The molecule has 2 heterocycles. The van der Waals surface area contributed by atoms with Crippen molar-refractivity contribution in [3.05, 3.63) is 71.7 Å². The SMILES string of the molecule is CC(c1cn(C(=O)c2ccc(F)cc2)c2ccccc12)C1CCCN1. The summed E-state index contributed by atoms with van der Waals surface area (Å²) in [7, 11) is 0. The molecule has 1 fully saturated rings. The van der Waals surface area contributed by atoms with Crippen molar-refractivity contribution in [2.45, 2.75) is 31.7 Å². The first-order valence-electron chi connectivity index (χ1n) is 8.79. The molecule has 4 rings (SSSR count). The smallest absolute Gasteiger partial charge is 0.262 e. The Balaban J connectivity index is 1.79. The van der Waals surface area contributed by atoms with Crippen molar-refractivity contribution in [2.24, 2.45) is 0 Å². The van der Waals surface area contributed by atoms with E-state index < -0.39 is 0 Å². The number of carbonyl (C=O) groups excluding carboxylic acids is 1. The Morgan fingerprint density at radius 2 is 1.96 bits per heavy atom. The van der Waals surface area contributed by atoms with E-state index in [-0.39, 0.29) is 11.7 Å². The van der Waals surface area contributed by atoms with Gasteiger partial charge in [0.15, 0.2) is 0 Å². The van der Waals surface area contributed by atoms with Gasteiger partial charge in [0.2, 0.25) is 0 Å². The molecule has 0 saturated carbocycles. The maximum Gasteiger partial charge on any atom is 0.262 e. The van der Waals surface area contributed by atoms with Crippen LogP contribution < -0.4 is 5.32 Å². The summed E-state index contributed by atoms with van der Waals surface area (Å²) in [6, 6.07) is 14.2. The zero-order valence-corrected chi connectivity index (χ0v) is 14.2. The predicted molar refractivity (Wildman–Crippen MR) is 97.5 cm³/mol. The number of nitrogens with zero attached hydrogens (tertiary/aromatic N) is 1. The van der Waals surface area contributed by atoms with Crippen molar-refractivity contribution < 1.29 is 9.18 Å². The highest BCUT2D eigenvalue weighted by Crippen LogP contribution is 2.32. The third kappa shape index (κ3) is 2.87. The highest BCUT2D eigenvalue weighted by atomic mass is 19.1. The minimum absolute atomic E-state index is 0.131. The summed E-state index contributed by atoms with van der Waals surface area (Å²) < 4.78 is 14.9. The quantitative estimate of drug-likeness (QED) is 0.773. The molecule has 128 valence electrons. The van der Waals surface area contributed by atoms with Gasteiger partial charge in [-0.15, -0.1) is 0 Å². The molecule has 0 radical (unpaired) electrons. The van der Waals surface area contributed by atoms with Crippen molar-refractivity contribution in [1.29, 1.82) is 0 Å². The van der Waals surface area contributed by atoms with Crippen LogP contribution in [-0.2, 0) is 0 Å². The number of hydrogen-bond donors (Lipinski definition) is 1. The van der Waals surface area contributed by atoms with E-state index >= 15 is 0 Å². The molecule has 0 spiro atoms. The van der Waals surface area contributed by atoms with E-state index in [0.717, 1.165) is 23.9 Å². The van der Waals surface area contributed by atoms with Crippen LogP contribution in [0.3, 0.4) is 0 Å². The number of carbonyl (C=O) groups is 1. The third-order valence-corrected chi connectivity index (χ3v) is 5.25. The second-order valence-corrected chi connectivity index (χ2v) is 6.78. The van der Waals surface area contributed by atoms with Crippen LogP contribution in [0.5, 0.6) is 0 Å². The molecular weight excluding hydrogens is 315 g/mol. The van der Waals surface area contributed by atoms with Gasteiger partial charge < -0.3 is 5.32 Å². The molecule has 3 nitrogen and oxygen atoms in total. The molecule has 1 aromatic heterocycles. The van der Waals surface area contributed by atoms with Crippen molar-refractivity contribution >= 4 is 16.8 Å². The van der Waals surface area contributed by atoms with E-state index in [1.807, 2.05) is 24.4 Å². The summed E-state index contributed by atoms with van der Waals surface area (Å²) in [4.78, 5) is 13.0. The predicted octanol–water partition coefficient (Wildman–Crippen LogP) is 4.32. The van der Waals surface area contributed by atoms with Gasteiger partial charge in [0.25, 0.3) is 5.91 Å². The van der Waals surface area contributed by atoms with Crippen molar-refractivity contribution in [3.63, 3.8) is 0 Å². The fourth-order valence-electron chi connectivity index (χ4n) is 3.82. The minimum Gasteiger partial charge on any atom is -0.313 e. The average molecular weight is 336 g/mol. The first-order valence-corrected chi connectivity index (χ1v) is 8.79. The Morgan fingerprint density at radius 3 is 2.68 bits per heavy atom. The second-order valence-electron chi connectivity index (χ2n) is 6.78. The molecule has 0 aliphatic carbocycles. The zero-order valence-electron chi connectivity index (χ0n) is 14.2. The fourth-order valence-corrected chi connectivity index (χ4v) is 3.82. The number of rotatable bonds is 3. The van der Waals surface area contributed by atoms with Crippen LogP contribution in [0, 0.1) is 5.82 Å². The van der Waals surface area contributed by atoms with E-state index in [1.165, 1.54) is 36.2 Å². The van der Waals surface area contributed by atoms with Crippen LogP contribution >= 0.6 is 0 Å². The lowest BCUT2D eigenvalue weighted by atomic mass is 9.92. The first kappa shape index (κ1) is 16.0. The summed E-state index contributed by atoms with van der Waals surface area (Å²) in [5.41, 5.74) is 2.57. The zero-order chi connectivity index (χ0) is 17.4. The third-order valence-electron chi connectivity index (χ3n) is 5.25. The molecule has 1 aliphatic rings. The van der Waals surface area contributed by atoms with E-state index in [0.29, 0.717) is 17.5 Å². The highest BCUT2D eigenvalue weighted by molar-refractivity contribution is 6.03. The molecule has 25 heavy (non-hydrogen) atoms. The molecule has 1 aliphatic heterocycles. The Hall–Kier alpha value is -2.46. The van der Waals surface area contributed by atoms with Gasteiger partial charge in [0.1, 0.15) is 5.82 Å². The fraction of sp³-hybridized carbons (Fsp3) is 0.286. The topological polar surface area (TPSA) is 34.0 Å². The minimum atomic E-state index is -0.337. The standard InChI is InChI=1S/C21H21FN2O/c1-14(19-6-4-12-23-19)18-13-24(20-7-3-2-5-17(18)20)21(25)15-8-10-16(22)11-9-15/h2-3,5,7-11,13-14,19,23H,4,6,12H2,1H3. The molecule has 0 bridgehead atoms. The van der Waals surface area contributed by atoms with Gasteiger partial charge in [-0.2, -0.15) is 0 Å². The van der Waals surface area contributed by atoms with Crippen molar-refractivity contribution in [2.75, 3.05) is 6.54 Å². The summed E-state index contributed by atoms with van der Waals surface area (Å²) in [5.74, 6) is -0.140. The summed E-state index contributed by atoms with van der Waals surface area (Å²) in [6.07, 6.45) is 4.32. The maximum atomic E-state index is 13.2. The summed E-state index contributed by atoms with van der Waals surface area (Å²) in [6.45, 7) is 3.28. The lowest BCUT2D eigenvalue weighted by Gasteiger charge is -2.18. The van der Waals surface area contributed by atoms with Crippen LogP contribution in [0.1, 0.15) is 41.6 Å². The van der Waals surface area contributed by atoms with E-state index in [1.54, 1.807) is 4.57 Å². The number of benzene rings is 2. The van der Waals surface area contributed by atoms with Crippen LogP contribution in [0.15, 0.2) is 54.7 Å². The number of hydrogen-bond acceptors (Lipinski definition) is 2. The number of nitrogens with one attached hydrogen (secondary N) is 1. The van der Waals surface area contributed by atoms with Gasteiger partial charge in [-0.25, -0.2) is 4.39 Å². The Bertz CT molecular complexity index is 907. The second kappa shape index (κ2) is 6.45. The van der Waals surface area contributed by atoms with E-state index in [4.69, 9.17) is 0 Å². The van der Waals surface area contributed by atoms with Crippen LogP contribution in [0.25, 0.3) is 10.9 Å². The molecule has 2 aromatic carbocycles. The molecule has 2 atom stereocenters. The Kier molecular flexibility index (Phi) is 4.14. The summed E-state index contributed by atoms with van der Waals surface area (Å²) in [5, 5.41) is 4.67. The van der Waals surface area contributed by atoms with Crippen LogP contribution in [-0.4, -0.2) is 23.1 Å². The Morgan fingerprint density at radius 1 is 1.20 bits per heavy atom. The number of fused-ring (bicyclic) bond motifs is 1. The highest BCUT2D eigenvalue weighted by Gasteiger charge is 2.26. The van der Waals surface area contributed by atoms with Gasteiger partial charge in [-0.1, -0.05) is 25.1 Å². The van der Waals surface area contributed by atoms with Crippen LogP contribution in [0.4, 0.5) is 4.39 Å². The normalized spacial score (nSPS) is 18.6. The number of aromatic nitrogens is 1. The lowest BCUT2D eigenvalue weighted by molar-refractivity contribution is 0.0964. The molecule has 4 heteroatoms. The Labute approximate surface area is 146 Å². The largest absolute Gasteiger partial charge is 0.313 e. The van der Waals surface area contributed by atoms with Crippen LogP contribution in [0.2, 0.25) is 0 Å². The number of halogens is 1. The average Bonchev–Trinajstić information content (AvgIpc) is 3.29. The van der Waals surface area contributed by atoms with Gasteiger partial charge >= 0.3 is 0 Å². The van der Waals surface area contributed by atoms with Crippen molar-refractivity contribution in [3.8, 4) is 0 Å². The monoisotopic (exact) mass is 336 g/mol. The van der Waals surface area contributed by atoms with E-state index in [2.05, 4.69) is 18.3 Å². The lowest BCUT2D eigenvalue weighted by Crippen LogP contribution is -2.27. The molecule has 0 amide bonds. The first-order chi connectivity index (χ1) is 12.1. The number of para-hydroxylation sites is 1. The molecule has 1 N–H and O–H groups in total. The van der Waals surface area contributed by atoms with Gasteiger partial charge in [0, 0.05) is 23.2 Å². The van der Waals surface area contributed by atoms with Crippen molar-refractivity contribution in [1.82, 2.24) is 9.88 Å².